The number of nitrogens with two attached hydrogens (primary N) is 1. The van der Waals surface area contributed by atoms with Crippen LogP contribution in [-0.4, -0.2) is 11.0 Å². The Hall–Kier alpha value is -1.98. The van der Waals surface area contributed by atoms with Gasteiger partial charge in [0.25, 0.3) is 0 Å². The van der Waals surface area contributed by atoms with Gasteiger partial charge in [0.05, 0.1) is 10.0 Å². The minimum Gasteiger partial charge on any atom is -0.409 e. The Bertz CT molecular complexity index is 692. The zero-order valence-electron chi connectivity index (χ0n) is 10.8. The van der Waals surface area contributed by atoms with Gasteiger partial charge in [-0.15, -0.1) is 0 Å². The second kappa shape index (κ2) is 6.65. The van der Waals surface area contributed by atoms with Gasteiger partial charge in [0.2, 0.25) is 0 Å². The van der Waals surface area contributed by atoms with Gasteiger partial charge in [0, 0.05) is 23.4 Å². The van der Waals surface area contributed by atoms with E-state index in [9.17, 15) is 4.39 Å². The maximum Gasteiger partial charge on any atom is 0.170 e. The predicted octanol–water partition coefficient (Wildman–Crippen LogP) is 3.84. The molecule has 0 saturated heterocycles. The highest BCUT2D eigenvalue weighted by Gasteiger charge is 2.07. The summed E-state index contributed by atoms with van der Waals surface area (Å²) in [7, 11) is 0. The normalized spacial score (nSPS) is 11.5. The van der Waals surface area contributed by atoms with Gasteiger partial charge in [-0.05, 0) is 24.3 Å². The van der Waals surface area contributed by atoms with E-state index in [1.54, 1.807) is 30.3 Å². The Labute approximate surface area is 131 Å². The average molecular weight is 328 g/mol. The van der Waals surface area contributed by atoms with Crippen LogP contribution >= 0.6 is 23.2 Å². The second-order valence-corrected chi connectivity index (χ2v) is 5.09. The van der Waals surface area contributed by atoms with Crippen LogP contribution in [0.15, 0.2) is 41.6 Å². The van der Waals surface area contributed by atoms with E-state index in [1.165, 1.54) is 6.07 Å². The quantitative estimate of drug-likeness (QED) is 0.346. The minimum absolute atomic E-state index is 0.141. The highest BCUT2D eigenvalue weighted by atomic mass is 35.5. The van der Waals surface area contributed by atoms with Crippen molar-refractivity contribution >= 4 is 34.7 Å². The summed E-state index contributed by atoms with van der Waals surface area (Å²) in [5.41, 5.74) is 6.88. The number of halogens is 3. The molecule has 0 atom stereocenters. The summed E-state index contributed by atoms with van der Waals surface area (Å²) in [5.74, 6) is -0.593. The molecule has 0 saturated carbocycles. The SMILES string of the molecule is NC(=NO)c1ccc(CNc2ccc(Cl)c(Cl)c2)c(F)c1. The average Bonchev–Trinajstić information content (AvgIpc) is 2.48. The van der Waals surface area contributed by atoms with Crippen LogP contribution in [0.2, 0.25) is 10.0 Å². The maximum atomic E-state index is 13.9. The lowest BCUT2D eigenvalue weighted by Crippen LogP contribution is -2.14. The summed E-state index contributed by atoms with van der Waals surface area (Å²) in [6.07, 6.45) is 0. The Morgan fingerprint density at radius 2 is 1.95 bits per heavy atom. The van der Waals surface area contributed by atoms with Crippen LogP contribution in [0.4, 0.5) is 10.1 Å². The lowest BCUT2D eigenvalue weighted by molar-refractivity contribution is 0.318. The van der Waals surface area contributed by atoms with Gasteiger partial charge in [-0.25, -0.2) is 4.39 Å². The van der Waals surface area contributed by atoms with Crippen LogP contribution in [0.1, 0.15) is 11.1 Å². The van der Waals surface area contributed by atoms with E-state index < -0.39 is 5.82 Å². The molecule has 0 fully saturated rings. The number of oxime groups is 1. The van der Waals surface area contributed by atoms with Crippen LogP contribution in [0, 0.1) is 5.82 Å². The van der Waals surface area contributed by atoms with Crippen molar-refractivity contribution in [2.24, 2.45) is 10.9 Å². The number of amidine groups is 1. The van der Waals surface area contributed by atoms with Crippen molar-refractivity contribution in [2.45, 2.75) is 6.54 Å². The van der Waals surface area contributed by atoms with E-state index in [4.69, 9.17) is 34.1 Å². The Morgan fingerprint density at radius 3 is 2.57 bits per heavy atom. The van der Waals surface area contributed by atoms with E-state index in [-0.39, 0.29) is 12.4 Å². The lowest BCUT2D eigenvalue weighted by Gasteiger charge is -2.09. The summed E-state index contributed by atoms with van der Waals surface area (Å²) in [6.45, 7) is 0.264. The first-order chi connectivity index (χ1) is 10.0. The molecule has 110 valence electrons. The number of rotatable bonds is 4. The second-order valence-electron chi connectivity index (χ2n) is 4.27. The van der Waals surface area contributed by atoms with Crippen molar-refractivity contribution in [3.63, 3.8) is 0 Å². The highest BCUT2D eigenvalue weighted by molar-refractivity contribution is 6.42. The molecule has 0 unspecified atom stereocenters. The van der Waals surface area contributed by atoms with E-state index in [2.05, 4.69) is 10.5 Å². The molecule has 0 aliphatic heterocycles. The predicted molar refractivity (Wildman–Crippen MR) is 82.7 cm³/mol. The number of nitrogens with zero attached hydrogens (tertiary/aromatic N) is 1. The van der Waals surface area contributed by atoms with E-state index in [1.807, 2.05) is 0 Å². The molecule has 4 N–H and O–H groups in total. The van der Waals surface area contributed by atoms with Gasteiger partial charge in [-0.1, -0.05) is 40.5 Å². The number of nitrogens with one attached hydrogen (secondary N) is 1. The van der Waals surface area contributed by atoms with Crippen LogP contribution in [0.3, 0.4) is 0 Å². The van der Waals surface area contributed by atoms with E-state index in [0.717, 1.165) is 5.69 Å². The molecule has 21 heavy (non-hydrogen) atoms. The van der Waals surface area contributed by atoms with Gasteiger partial charge in [0.1, 0.15) is 5.82 Å². The molecule has 0 spiro atoms. The van der Waals surface area contributed by atoms with Gasteiger partial charge < -0.3 is 16.3 Å². The molecule has 0 aliphatic carbocycles. The van der Waals surface area contributed by atoms with Crippen molar-refractivity contribution < 1.29 is 9.60 Å². The Kier molecular flexibility index (Phi) is 4.88. The van der Waals surface area contributed by atoms with Crippen molar-refractivity contribution in [1.82, 2.24) is 0 Å². The minimum atomic E-state index is -0.452. The number of hydrogen-bond donors (Lipinski definition) is 3. The Balaban J connectivity index is 2.11. The first-order valence-corrected chi connectivity index (χ1v) is 6.72. The third kappa shape index (κ3) is 3.77. The fourth-order valence-corrected chi connectivity index (χ4v) is 2.01. The number of anilines is 1. The smallest absolute Gasteiger partial charge is 0.170 e. The fourth-order valence-electron chi connectivity index (χ4n) is 1.71. The van der Waals surface area contributed by atoms with Crippen molar-refractivity contribution in [1.29, 1.82) is 0 Å². The van der Waals surface area contributed by atoms with Crippen LogP contribution in [0.25, 0.3) is 0 Å². The largest absolute Gasteiger partial charge is 0.409 e. The van der Waals surface area contributed by atoms with Gasteiger partial charge in [-0.2, -0.15) is 0 Å². The fraction of sp³-hybridized carbons (Fsp3) is 0.0714. The summed E-state index contributed by atoms with van der Waals surface area (Å²) < 4.78 is 13.9. The molecular weight excluding hydrogens is 316 g/mol. The zero-order valence-corrected chi connectivity index (χ0v) is 12.3. The summed E-state index contributed by atoms with van der Waals surface area (Å²) in [6, 6.07) is 9.41. The summed E-state index contributed by atoms with van der Waals surface area (Å²) in [5, 5.41) is 15.3. The molecule has 0 aliphatic rings. The van der Waals surface area contributed by atoms with Crippen molar-refractivity contribution in [3.05, 3.63) is 63.4 Å². The molecule has 2 aromatic rings. The Morgan fingerprint density at radius 1 is 1.19 bits per heavy atom. The van der Waals surface area contributed by atoms with Crippen LogP contribution < -0.4 is 11.1 Å². The van der Waals surface area contributed by atoms with E-state index in [0.29, 0.717) is 21.2 Å². The number of benzene rings is 2. The molecule has 0 bridgehead atoms. The van der Waals surface area contributed by atoms with Gasteiger partial charge in [0.15, 0.2) is 5.84 Å². The molecular formula is C14H12Cl2FN3O. The van der Waals surface area contributed by atoms with E-state index >= 15 is 0 Å². The third-order valence-corrected chi connectivity index (χ3v) is 3.60. The van der Waals surface area contributed by atoms with Gasteiger partial charge in [-0.3, -0.25) is 0 Å². The summed E-state index contributed by atoms with van der Waals surface area (Å²) >= 11 is 11.7. The highest BCUT2D eigenvalue weighted by Crippen LogP contribution is 2.25. The maximum absolute atomic E-state index is 13.9. The molecule has 7 heteroatoms. The first-order valence-electron chi connectivity index (χ1n) is 5.96. The standard InChI is InChI=1S/C14H12Cl2FN3O/c15-11-4-3-10(6-12(11)16)19-7-9-2-1-8(5-13(9)17)14(18)20-21/h1-6,19,21H,7H2,(H2,18,20). The van der Waals surface area contributed by atoms with Gasteiger partial charge >= 0.3 is 0 Å². The lowest BCUT2D eigenvalue weighted by atomic mass is 10.1. The molecule has 2 rings (SSSR count). The first kappa shape index (κ1) is 15.4. The molecule has 2 aromatic carbocycles. The molecule has 0 heterocycles. The van der Waals surface area contributed by atoms with Crippen LogP contribution in [-0.2, 0) is 6.54 Å². The zero-order chi connectivity index (χ0) is 15.4. The molecule has 0 amide bonds. The number of hydrogen-bond acceptors (Lipinski definition) is 3. The molecule has 0 aromatic heterocycles. The topological polar surface area (TPSA) is 70.6 Å². The monoisotopic (exact) mass is 327 g/mol. The third-order valence-electron chi connectivity index (χ3n) is 2.86. The molecule has 0 radical (unpaired) electrons. The molecule has 4 nitrogen and oxygen atoms in total. The van der Waals surface area contributed by atoms with Crippen LogP contribution in [0.5, 0.6) is 0 Å². The summed E-state index contributed by atoms with van der Waals surface area (Å²) in [4.78, 5) is 0. The van der Waals surface area contributed by atoms with Crippen molar-refractivity contribution in [2.75, 3.05) is 5.32 Å². The van der Waals surface area contributed by atoms with Crippen molar-refractivity contribution in [3.8, 4) is 0 Å².